The van der Waals surface area contributed by atoms with Crippen LogP contribution >= 0.6 is 0 Å². The lowest BCUT2D eigenvalue weighted by Gasteiger charge is -2.11. The van der Waals surface area contributed by atoms with Crippen molar-refractivity contribution in [3.05, 3.63) is 71.6 Å². The molecule has 0 saturated carbocycles. The maximum absolute atomic E-state index is 10.9. The molecule has 0 fully saturated rings. The van der Waals surface area contributed by atoms with Gasteiger partial charge >= 0.3 is 5.97 Å². The number of carboxylic acid groups (broad SMARTS) is 1. The predicted octanol–water partition coefficient (Wildman–Crippen LogP) is 3.83. The third-order valence-corrected chi connectivity index (χ3v) is 4.40. The molecule has 28 heavy (non-hydrogen) atoms. The highest BCUT2D eigenvalue weighted by atomic mass is 16.5. The number of benzene rings is 2. The van der Waals surface area contributed by atoms with Gasteiger partial charge in [0.2, 0.25) is 5.89 Å². The molecule has 0 radical (unpaired) electrons. The molecule has 0 spiro atoms. The molecule has 1 heterocycles. The van der Waals surface area contributed by atoms with Crippen LogP contribution in [0.15, 0.2) is 59.0 Å². The van der Waals surface area contributed by atoms with Gasteiger partial charge in [0.05, 0.1) is 12.3 Å². The van der Waals surface area contributed by atoms with Crippen LogP contribution in [-0.2, 0) is 17.8 Å². The highest BCUT2D eigenvalue weighted by Gasteiger charge is 2.12. The number of aromatic nitrogens is 1. The lowest BCUT2D eigenvalue weighted by atomic mass is 10.2. The molecule has 0 aliphatic rings. The number of oxazole rings is 1. The second kappa shape index (κ2) is 9.19. The second-order valence-corrected chi connectivity index (χ2v) is 6.57. The standard InChI is InChI=1S/C22H24N2O4/c1-15(22(25)26)23-14-17-7-6-10-19(13-17)27-12-11-20-16(2)28-21(24-20)18-8-4-3-5-9-18/h3-10,13,15,23H,11-12,14H2,1-2H3,(H,25,26)/t15-/m1/s1. The Labute approximate surface area is 164 Å². The summed E-state index contributed by atoms with van der Waals surface area (Å²) in [6.07, 6.45) is 0.640. The highest BCUT2D eigenvalue weighted by Crippen LogP contribution is 2.22. The van der Waals surface area contributed by atoms with Crippen molar-refractivity contribution in [1.82, 2.24) is 10.3 Å². The summed E-state index contributed by atoms with van der Waals surface area (Å²) in [6.45, 7) is 4.47. The number of hydrogen-bond donors (Lipinski definition) is 2. The molecule has 146 valence electrons. The van der Waals surface area contributed by atoms with E-state index in [0.717, 1.165) is 28.3 Å². The summed E-state index contributed by atoms with van der Waals surface area (Å²) in [7, 11) is 0. The second-order valence-electron chi connectivity index (χ2n) is 6.57. The van der Waals surface area contributed by atoms with Crippen LogP contribution in [0.25, 0.3) is 11.5 Å². The molecular weight excluding hydrogens is 356 g/mol. The topological polar surface area (TPSA) is 84.6 Å². The minimum atomic E-state index is -0.870. The van der Waals surface area contributed by atoms with E-state index in [1.54, 1.807) is 6.92 Å². The van der Waals surface area contributed by atoms with Crippen LogP contribution in [0.2, 0.25) is 0 Å². The zero-order chi connectivity index (χ0) is 19.9. The number of nitrogens with zero attached hydrogens (tertiary/aromatic N) is 1. The fourth-order valence-corrected chi connectivity index (χ4v) is 2.73. The highest BCUT2D eigenvalue weighted by molar-refractivity contribution is 5.72. The molecule has 1 aromatic heterocycles. The summed E-state index contributed by atoms with van der Waals surface area (Å²) in [6, 6.07) is 16.8. The minimum Gasteiger partial charge on any atom is -0.493 e. The maximum Gasteiger partial charge on any atom is 0.320 e. The van der Waals surface area contributed by atoms with E-state index in [-0.39, 0.29) is 0 Å². The van der Waals surface area contributed by atoms with Crippen molar-refractivity contribution in [2.24, 2.45) is 0 Å². The van der Waals surface area contributed by atoms with E-state index >= 15 is 0 Å². The first kappa shape index (κ1) is 19.6. The Kier molecular flexibility index (Phi) is 6.45. The van der Waals surface area contributed by atoms with E-state index in [1.165, 1.54) is 0 Å². The summed E-state index contributed by atoms with van der Waals surface area (Å²) < 4.78 is 11.6. The lowest BCUT2D eigenvalue weighted by molar-refractivity contribution is -0.139. The Morgan fingerprint density at radius 2 is 2.00 bits per heavy atom. The normalized spacial score (nSPS) is 11.9. The van der Waals surface area contributed by atoms with Gasteiger partial charge in [0.15, 0.2) is 0 Å². The summed E-state index contributed by atoms with van der Waals surface area (Å²) >= 11 is 0. The van der Waals surface area contributed by atoms with Crippen molar-refractivity contribution in [3.8, 4) is 17.2 Å². The molecule has 6 heteroatoms. The van der Waals surface area contributed by atoms with E-state index in [4.69, 9.17) is 14.3 Å². The molecule has 6 nitrogen and oxygen atoms in total. The van der Waals surface area contributed by atoms with Crippen molar-refractivity contribution < 1.29 is 19.1 Å². The Morgan fingerprint density at radius 3 is 2.75 bits per heavy atom. The Bertz CT molecular complexity index is 921. The molecule has 3 rings (SSSR count). The van der Waals surface area contributed by atoms with Gasteiger partial charge in [0.25, 0.3) is 0 Å². The van der Waals surface area contributed by atoms with Crippen molar-refractivity contribution in [2.45, 2.75) is 32.9 Å². The van der Waals surface area contributed by atoms with E-state index in [2.05, 4.69) is 10.3 Å². The average Bonchev–Trinajstić information content (AvgIpc) is 3.08. The van der Waals surface area contributed by atoms with Crippen LogP contribution in [-0.4, -0.2) is 28.7 Å². The number of rotatable bonds is 9. The summed E-state index contributed by atoms with van der Waals surface area (Å²) in [5.74, 6) is 1.29. The number of aryl methyl sites for hydroxylation is 1. The third-order valence-electron chi connectivity index (χ3n) is 4.40. The minimum absolute atomic E-state index is 0.466. The number of nitrogens with one attached hydrogen (secondary N) is 1. The van der Waals surface area contributed by atoms with Crippen molar-refractivity contribution in [3.63, 3.8) is 0 Å². The van der Waals surface area contributed by atoms with Crippen LogP contribution in [0.5, 0.6) is 5.75 Å². The zero-order valence-electron chi connectivity index (χ0n) is 16.0. The average molecular weight is 380 g/mol. The Hall–Kier alpha value is -3.12. The fourth-order valence-electron chi connectivity index (χ4n) is 2.73. The molecule has 2 N–H and O–H groups in total. The van der Waals surface area contributed by atoms with Gasteiger partial charge in [-0.3, -0.25) is 4.79 Å². The Morgan fingerprint density at radius 1 is 1.21 bits per heavy atom. The smallest absolute Gasteiger partial charge is 0.320 e. The number of aliphatic carboxylic acids is 1. The number of ether oxygens (including phenoxy) is 1. The van der Waals surface area contributed by atoms with Gasteiger partial charge in [0.1, 0.15) is 17.6 Å². The molecule has 0 amide bonds. The van der Waals surface area contributed by atoms with Gasteiger partial charge in [0, 0.05) is 18.5 Å². The van der Waals surface area contributed by atoms with Crippen LogP contribution < -0.4 is 10.1 Å². The molecule has 0 unspecified atom stereocenters. The molecule has 3 aromatic rings. The van der Waals surface area contributed by atoms with Crippen molar-refractivity contribution in [2.75, 3.05) is 6.61 Å². The molecular formula is C22H24N2O4. The molecule has 1 atom stereocenters. The summed E-state index contributed by atoms with van der Waals surface area (Å²) in [5, 5.41) is 11.9. The monoisotopic (exact) mass is 380 g/mol. The zero-order valence-corrected chi connectivity index (χ0v) is 16.0. The van der Waals surface area contributed by atoms with Gasteiger partial charge in [-0.2, -0.15) is 0 Å². The number of hydrogen-bond acceptors (Lipinski definition) is 5. The number of carbonyl (C=O) groups is 1. The van der Waals surface area contributed by atoms with E-state index in [9.17, 15) is 4.79 Å². The van der Waals surface area contributed by atoms with Crippen LogP contribution in [0.1, 0.15) is 23.9 Å². The van der Waals surface area contributed by atoms with Gasteiger partial charge in [-0.15, -0.1) is 0 Å². The van der Waals surface area contributed by atoms with E-state index < -0.39 is 12.0 Å². The summed E-state index contributed by atoms with van der Waals surface area (Å²) in [4.78, 5) is 15.5. The van der Waals surface area contributed by atoms with Gasteiger partial charge in [-0.25, -0.2) is 4.98 Å². The molecule has 0 aliphatic heterocycles. The van der Waals surface area contributed by atoms with E-state index in [1.807, 2.05) is 61.5 Å². The molecule has 0 saturated heterocycles. The lowest BCUT2D eigenvalue weighted by Crippen LogP contribution is -2.33. The molecule has 2 aromatic carbocycles. The largest absolute Gasteiger partial charge is 0.493 e. The van der Waals surface area contributed by atoms with Crippen molar-refractivity contribution in [1.29, 1.82) is 0 Å². The van der Waals surface area contributed by atoms with Gasteiger partial charge in [-0.1, -0.05) is 30.3 Å². The third kappa shape index (κ3) is 5.20. The number of carboxylic acids is 1. The predicted molar refractivity (Wildman–Crippen MR) is 106 cm³/mol. The quantitative estimate of drug-likeness (QED) is 0.587. The van der Waals surface area contributed by atoms with Gasteiger partial charge in [-0.05, 0) is 43.7 Å². The van der Waals surface area contributed by atoms with Crippen LogP contribution in [0.3, 0.4) is 0 Å². The fraction of sp³-hybridized carbons (Fsp3) is 0.273. The first-order valence-electron chi connectivity index (χ1n) is 9.22. The maximum atomic E-state index is 10.9. The van der Waals surface area contributed by atoms with Crippen molar-refractivity contribution >= 4 is 5.97 Å². The van der Waals surface area contributed by atoms with Gasteiger partial charge < -0.3 is 19.6 Å². The summed E-state index contributed by atoms with van der Waals surface area (Å²) in [5.41, 5.74) is 2.80. The van der Waals surface area contributed by atoms with E-state index in [0.29, 0.717) is 25.5 Å². The van der Waals surface area contributed by atoms with Crippen LogP contribution in [0, 0.1) is 6.92 Å². The first-order valence-corrected chi connectivity index (χ1v) is 9.22. The van der Waals surface area contributed by atoms with Crippen LogP contribution in [0.4, 0.5) is 0 Å². The first-order chi connectivity index (χ1) is 13.5. The molecule has 0 bridgehead atoms. The Balaban J connectivity index is 1.55. The SMILES string of the molecule is Cc1oc(-c2ccccc2)nc1CCOc1cccc(CN[C@H](C)C(=O)O)c1. The molecule has 0 aliphatic carbocycles.